The first kappa shape index (κ1) is 7.42. The van der Waals surface area contributed by atoms with Crippen molar-refractivity contribution in [3.05, 3.63) is 11.9 Å². The number of hydrogen-bond acceptors (Lipinski definition) is 2. The van der Waals surface area contributed by atoms with E-state index in [0.29, 0.717) is 5.95 Å². The van der Waals surface area contributed by atoms with Crippen LogP contribution in [0.25, 0.3) is 0 Å². The molecular weight excluding hydrogens is 162 g/mol. The SMILES string of the molecule is Nc1ncc(C2CC3CCC2C3)[nH]1. The molecule has 13 heavy (non-hydrogen) atoms. The first-order valence-electron chi connectivity index (χ1n) is 5.13. The van der Waals surface area contributed by atoms with Gasteiger partial charge in [-0.1, -0.05) is 6.42 Å². The van der Waals surface area contributed by atoms with Gasteiger partial charge in [0, 0.05) is 11.6 Å². The lowest BCUT2D eigenvalue weighted by molar-refractivity contribution is 0.414. The first-order valence-corrected chi connectivity index (χ1v) is 5.13. The van der Waals surface area contributed by atoms with Crippen molar-refractivity contribution in [3.63, 3.8) is 0 Å². The van der Waals surface area contributed by atoms with E-state index in [9.17, 15) is 0 Å². The Morgan fingerprint density at radius 2 is 2.31 bits per heavy atom. The van der Waals surface area contributed by atoms with E-state index in [2.05, 4.69) is 9.97 Å². The highest BCUT2D eigenvalue weighted by Gasteiger charge is 2.40. The average Bonchev–Trinajstić information content (AvgIpc) is 2.77. The largest absolute Gasteiger partial charge is 0.369 e. The molecule has 0 amide bonds. The second-order valence-electron chi connectivity index (χ2n) is 4.51. The molecule has 70 valence electrons. The summed E-state index contributed by atoms with van der Waals surface area (Å²) in [5.74, 6) is 3.19. The van der Waals surface area contributed by atoms with Crippen molar-refractivity contribution in [2.24, 2.45) is 11.8 Å². The Morgan fingerprint density at radius 1 is 1.38 bits per heavy atom. The molecule has 2 saturated carbocycles. The molecule has 3 N–H and O–H groups in total. The standard InChI is InChI=1S/C10H15N3/c11-10-12-5-9(13-10)8-4-6-1-2-7(8)3-6/h5-8H,1-4H2,(H3,11,12,13). The Labute approximate surface area is 77.7 Å². The number of anilines is 1. The summed E-state index contributed by atoms with van der Waals surface area (Å²) in [6.07, 6.45) is 7.57. The van der Waals surface area contributed by atoms with Crippen LogP contribution in [0, 0.1) is 11.8 Å². The third kappa shape index (κ3) is 1.06. The van der Waals surface area contributed by atoms with E-state index in [0.717, 1.165) is 17.8 Å². The molecule has 2 aliphatic rings. The minimum absolute atomic E-state index is 0.567. The second kappa shape index (κ2) is 2.50. The van der Waals surface area contributed by atoms with E-state index >= 15 is 0 Å². The number of nitrogens with zero attached hydrogens (tertiary/aromatic N) is 1. The van der Waals surface area contributed by atoms with Crippen LogP contribution in [0.1, 0.15) is 37.3 Å². The van der Waals surface area contributed by atoms with Crippen LogP contribution < -0.4 is 5.73 Å². The van der Waals surface area contributed by atoms with Crippen LogP contribution in [0.5, 0.6) is 0 Å². The minimum atomic E-state index is 0.567. The Bertz CT molecular complexity index is 318. The van der Waals surface area contributed by atoms with Crippen molar-refractivity contribution >= 4 is 5.95 Å². The summed E-state index contributed by atoms with van der Waals surface area (Å²) in [5.41, 5.74) is 6.85. The molecule has 3 heteroatoms. The van der Waals surface area contributed by atoms with Gasteiger partial charge in [-0.25, -0.2) is 4.98 Å². The molecule has 1 aromatic rings. The predicted octanol–water partition coefficient (Wildman–Crippen LogP) is 1.90. The molecule has 2 aliphatic carbocycles. The van der Waals surface area contributed by atoms with E-state index in [-0.39, 0.29) is 0 Å². The van der Waals surface area contributed by atoms with Crippen LogP contribution in [0.4, 0.5) is 5.95 Å². The van der Waals surface area contributed by atoms with Crippen LogP contribution >= 0.6 is 0 Å². The van der Waals surface area contributed by atoms with Crippen molar-refractivity contribution in [1.29, 1.82) is 0 Å². The average molecular weight is 177 g/mol. The molecule has 3 rings (SSSR count). The third-order valence-electron chi connectivity index (χ3n) is 3.75. The number of aromatic amines is 1. The molecule has 0 radical (unpaired) electrons. The van der Waals surface area contributed by atoms with Gasteiger partial charge < -0.3 is 10.7 Å². The summed E-state index contributed by atoms with van der Waals surface area (Å²) in [5, 5.41) is 0. The summed E-state index contributed by atoms with van der Waals surface area (Å²) >= 11 is 0. The molecule has 2 fully saturated rings. The fourth-order valence-corrected chi connectivity index (χ4v) is 3.17. The Hall–Kier alpha value is -0.990. The molecule has 2 bridgehead atoms. The molecule has 1 heterocycles. The molecule has 3 atom stereocenters. The quantitative estimate of drug-likeness (QED) is 0.688. The van der Waals surface area contributed by atoms with E-state index in [1.165, 1.54) is 31.4 Å². The highest BCUT2D eigenvalue weighted by molar-refractivity contribution is 5.23. The highest BCUT2D eigenvalue weighted by Crippen LogP contribution is 2.52. The zero-order valence-corrected chi connectivity index (χ0v) is 7.66. The fraction of sp³-hybridized carbons (Fsp3) is 0.700. The Balaban J connectivity index is 1.87. The molecule has 3 nitrogen and oxygen atoms in total. The van der Waals surface area contributed by atoms with E-state index in [1.807, 2.05) is 6.20 Å². The lowest BCUT2D eigenvalue weighted by Gasteiger charge is -2.19. The zero-order valence-electron chi connectivity index (χ0n) is 7.66. The normalized spacial score (nSPS) is 37.1. The van der Waals surface area contributed by atoms with Gasteiger partial charge in [-0.3, -0.25) is 0 Å². The summed E-state index contributed by atoms with van der Waals surface area (Å²) in [6.45, 7) is 0. The number of hydrogen-bond donors (Lipinski definition) is 2. The minimum Gasteiger partial charge on any atom is -0.369 e. The topological polar surface area (TPSA) is 54.7 Å². The fourth-order valence-electron chi connectivity index (χ4n) is 3.17. The summed E-state index contributed by atoms with van der Waals surface area (Å²) in [7, 11) is 0. The summed E-state index contributed by atoms with van der Waals surface area (Å²) < 4.78 is 0. The molecule has 0 saturated heterocycles. The number of fused-ring (bicyclic) bond motifs is 2. The number of nitrogens with one attached hydrogen (secondary N) is 1. The number of H-pyrrole nitrogens is 1. The van der Waals surface area contributed by atoms with Crippen molar-refractivity contribution < 1.29 is 0 Å². The van der Waals surface area contributed by atoms with Crippen LogP contribution in [0.3, 0.4) is 0 Å². The van der Waals surface area contributed by atoms with E-state index in [4.69, 9.17) is 5.73 Å². The first-order chi connectivity index (χ1) is 6.33. The molecule has 0 aliphatic heterocycles. The van der Waals surface area contributed by atoms with Gasteiger partial charge in [-0.2, -0.15) is 0 Å². The van der Waals surface area contributed by atoms with Crippen molar-refractivity contribution in [1.82, 2.24) is 9.97 Å². The van der Waals surface area contributed by atoms with Gasteiger partial charge >= 0.3 is 0 Å². The highest BCUT2D eigenvalue weighted by atomic mass is 15.0. The molecular formula is C10H15N3. The maximum Gasteiger partial charge on any atom is 0.197 e. The lowest BCUT2D eigenvalue weighted by Crippen LogP contribution is -2.08. The zero-order chi connectivity index (χ0) is 8.84. The van der Waals surface area contributed by atoms with Crippen molar-refractivity contribution in [2.45, 2.75) is 31.6 Å². The van der Waals surface area contributed by atoms with Gasteiger partial charge in [-0.05, 0) is 31.1 Å². The molecule has 3 unspecified atom stereocenters. The summed E-state index contributed by atoms with van der Waals surface area (Å²) in [6, 6.07) is 0. The van der Waals surface area contributed by atoms with Gasteiger partial charge in [0.15, 0.2) is 5.95 Å². The lowest BCUT2D eigenvalue weighted by atomic mass is 9.87. The maximum absolute atomic E-state index is 5.58. The Kier molecular flexibility index (Phi) is 1.43. The molecule has 0 aromatic carbocycles. The third-order valence-corrected chi connectivity index (χ3v) is 3.75. The van der Waals surface area contributed by atoms with Crippen molar-refractivity contribution in [2.75, 3.05) is 5.73 Å². The van der Waals surface area contributed by atoms with Gasteiger partial charge in [0.1, 0.15) is 0 Å². The van der Waals surface area contributed by atoms with Crippen LogP contribution in [0.2, 0.25) is 0 Å². The van der Waals surface area contributed by atoms with Gasteiger partial charge in [0.25, 0.3) is 0 Å². The number of aromatic nitrogens is 2. The van der Waals surface area contributed by atoms with Gasteiger partial charge in [0.2, 0.25) is 0 Å². The van der Waals surface area contributed by atoms with Crippen LogP contribution in [-0.2, 0) is 0 Å². The number of imidazole rings is 1. The van der Waals surface area contributed by atoms with Gasteiger partial charge in [0.05, 0.1) is 6.20 Å². The maximum atomic E-state index is 5.58. The number of nitrogen functional groups attached to an aromatic ring is 1. The predicted molar refractivity (Wildman–Crippen MR) is 51.2 cm³/mol. The van der Waals surface area contributed by atoms with E-state index < -0.39 is 0 Å². The summed E-state index contributed by atoms with van der Waals surface area (Å²) in [4.78, 5) is 7.24. The number of nitrogens with two attached hydrogens (primary N) is 1. The van der Waals surface area contributed by atoms with Gasteiger partial charge in [-0.15, -0.1) is 0 Å². The van der Waals surface area contributed by atoms with E-state index in [1.54, 1.807) is 0 Å². The smallest absolute Gasteiger partial charge is 0.197 e. The van der Waals surface area contributed by atoms with Crippen molar-refractivity contribution in [3.8, 4) is 0 Å². The monoisotopic (exact) mass is 177 g/mol. The molecule has 1 aromatic heterocycles. The second-order valence-corrected chi connectivity index (χ2v) is 4.51. The van der Waals surface area contributed by atoms with Crippen LogP contribution in [0.15, 0.2) is 6.20 Å². The Morgan fingerprint density at radius 3 is 2.85 bits per heavy atom. The number of rotatable bonds is 1. The molecule has 0 spiro atoms. The van der Waals surface area contributed by atoms with Crippen LogP contribution in [-0.4, -0.2) is 9.97 Å².